The Morgan fingerprint density at radius 2 is 1.91 bits per heavy atom. The fourth-order valence-electron chi connectivity index (χ4n) is 3.69. The summed E-state index contributed by atoms with van der Waals surface area (Å²) in [5, 5.41) is 11.9. The molecule has 0 fully saturated rings. The van der Waals surface area contributed by atoms with Crippen molar-refractivity contribution in [2.75, 3.05) is 26.1 Å². The first kappa shape index (κ1) is 21.5. The number of fused-ring (bicyclic) bond motifs is 3. The maximum absolute atomic E-state index is 12.2. The molecule has 4 rings (SSSR count). The highest BCUT2D eigenvalue weighted by Gasteiger charge is 2.16. The largest absolute Gasteiger partial charge is 0.493 e. The van der Waals surface area contributed by atoms with E-state index in [9.17, 15) is 4.79 Å². The molecule has 0 amide bonds. The molecule has 9 nitrogen and oxygen atoms in total. The molecule has 0 aliphatic rings. The number of carbonyl (C=O) groups excluding carboxylic acids is 1. The Balaban J connectivity index is 1.43. The summed E-state index contributed by atoms with van der Waals surface area (Å²) in [5.74, 6) is 2.79. The van der Waals surface area contributed by atoms with Crippen molar-refractivity contribution in [2.24, 2.45) is 0 Å². The Morgan fingerprint density at radius 1 is 1.09 bits per heavy atom. The predicted octanol–water partition coefficient (Wildman–Crippen LogP) is 3.85. The zero-order valence-corrected chi connectivity index (χ0v) is 18.5. The standard InChI is InChI=1S/C23H26N6O3/c1-15-27-28-23-22(25-11-6-4-5-9-19(30)16-8-7-10-24-14-16)26-17-12-20(31-2)21(32-3)13-18(17)29(15)23/h7-8,10,12-14H,4-6,9,11H2,1-3H3,(H,25,26). The first-order valence-corrected chi connectivity index (χ1v) is 10.6. The van der Waals surface area contributed by atoms with Crippen molar-refractivity contribution in [1.29, 1.82) is 0 Å². The van der Waals surface area contributed by atoms with Crippen LogP contribution in [0.5, 0.6) is 11.5 Å². The van der Waals surface area contributed by atoms with Crippen molar-refractivity contribution >= 4 is 28.3 Å². The number of anilines is 1. The Kier molecular flexibility index (Phi) is 6.44. The molecule has 0 aliphatic heterocycles. The van der Waals surface area contributed by atoms with Gasteiger partial charge in [-0.15, -0.1) is 10.2 Å². The number of ether oxygens (including phenoxy) is 2. The molecule has 1 aromatic carbocycles. The van der Waals surface area contributed by atoms with E-state index in [-0.39, 0.29) is 5.78 Å². The van der Waals surface area contributed by atoms with Gasteiger partial charge in [-0.05, 0) is 31.9 Å². The number of pyridine rings is 1. The molecular formula is C23H26N6O3. The van der Waals surface area contributed by atoms with Gasteiger partial charge in [-0.25, -0.2) is 4.98 Å². The van der Waals surface area contributed by atoms with Gasteiger partial charge in [-0.2, -0.15) is 0 Å². The van der Waals surface area contributed by atoms with Crippen LogP contribution < -0.4 is 14.8 Å². The van der Waals surface area contributed by atoms with Crippen LogP contribution in [0.1, 0.15) is 41.9 Å². The van der Waals surface area contributed by atoms with E-state index in [2.05, 4.69) is 20.5 Å². The summed E-state index contributed by atoms with van der Waals surface area (Å²) in [6.07, 6.45) is 6.48. The van der Waals surface area contributed by atoms with E-state index in [0.717, 1.165) is 36.1 Å². The predicted molar refractivity (Wildman–Crippen MR) is 122 cm³/mol. The van der Waals surface area contributed by atoms with E-state index < -0.39 is 0 Å². The average Bonchev–Trinajstić information content (AvgIpc) is 3.22. The second kappa shape index (κ2) is 9.59. The number of unbranched alkanes of at least 4 members (excludes halogenated alkanes) is 2. The van der Waals surface area contributed by atoms with Crippen LogP contribution >= 0.6 is 0 Å². The monoisotopic (exact) mass is 434 g/mol. The number of methoxy groups -OCH3 is 2. The van der Waals surface area contributed by atoms with Crippen LogP contribution in [0.2, 0.25) is 0 Å². The van der Waals surface area contributed by atoms with Crippen molar-refractivity contribution in [1.82, 2.24) is 24.6 Å². The topological polar surface area (TPSA) is 104 Å². The molecule has 0 bridgehead atoms. The highest BCUT2D eigenvalue weighted by molar-refractivity contribution is 5.95. The SMILES string of the molecule is COc1cc2nc(NCCCCCC(=O)c3cccnc3)c3nnc(C)n3c2cc1OC. The molecule has 0 spiro atoms. The molecule has 166 valence electrons. The minimum atomic E-state index is 0.132. The van der Waals surface area contributed by atoms with Gasteiger partial charge < -0.3 is 14.8 Å². The molecule has 32 heavy (non-hydrogen) atoms. The lowest BCUT2D eigenvalue weighted by molar-refractivity contribution is 0.0979. The summed E-state index contributed by atoms with van der Waals surface area (Å²) in [6.45, 7) is 2.62. The van der Waals surface area contributed by atoms with Crippen LogP contribution in [0.3, 0.4) is 0 Å². The minimum Gasteiger partial charge on any atom is -0.493 e. The van der Waals surface area contributed by atoms with Crippen LogP contribution in [-0.4, -0.2) is 51.1 Å². The Morgan fingerprint density at radius 3 is 2.66 bits per heavy atom. The number of nitrogens with zero attached hydrogens (tertiary/aromatic N) is 5. The summed E-state index contributed by atoms with van der Waals surface area (Å²) in [6, 6.07) is 7.32. The molecule has 4 aromatic rings. The van der Waals surface area contributed by atoms with Gasteiger partial charge in [0.15, 0.2) is 23.1 Å². The molecule has 0 unspecified atom stereocenters. The van der Waals surface area contributed by atoms with Crippen LogP contribution in [0.25, 0.3) is 16.7 Å². The molecular weight excluding hydrogens is 408 g/mol. The molecule has 0 atom stereocenters. The van der Waals surface area contributed by atoms with Gasteiger partial charge in [0.05, 0.1) is 25.3 Å². The molecule has 3 heterocycles. The van der Waals surface area contributed by atoms with Crippen LogP contribution in [0.4, 0.5) is 5.82 Å². The number of nitrogens with one attached hydrogen (secondary N) is 1. The quantitative estimate of drug-likeness (QED) is 0.296. The van der Waals surface area contributed by atoms with E-state index >= 15 is 0 Å². The Hall–Kier alpha value is -3.75. The van der Waals surface area contributed by atoms with Crippen molar-refractivity contribution < 1.29 is 14.3 Å². The molecule has 0 aliphatic carbocycles. The van der Waals surface area contributed by atoms with E-state index in [1.165, 1.54) is 0 Å². The summed E-state index contributed by atoms with van der Waals surface area (Å²) < 4.78 is 12.8. The summed E-state index contributed by atoms with van der Waals surface area (Å²) in [4.78, 5) is 20.9. The first-order valence-electron chi connectivity index (χ1n) is 10.6. The second-order valence-electron chi connectivity index (χ2n) is 7.46. The van der Waals surface area contributed by atoms with Crippen molar-refractivity contribution in [3.8, 4) is 11.5 Å². The van der Waals surface area contributed by atoms with Crippen LogP contribution in [0, 0.1) is 6.92 Å². The highest BCUT2D eigenvalue weighted by Crippen LogP contribution is 2.33. The van der Waals surface area contributed by atoms with E-state index in [0.29, 0.717) is 41.5 Å². The molecule has 0 saturated heterocycles. The van der Waals surface area contributed by atoms with Gasteiger partial charge in [0.2, 0.25) is 5.65 Å². The Labute approximate surface area is 185 Å². The van der Waals surface area contributed by atoms with Crippen molar-refractivity contribution in [3.63, 3.8) is 0 Å². The lowest BCUT2D eigenvalue weighted by atomic mass is 10.1. The van der Waals surface area contributed by atoms with Crippen molar-refractivity contribution in [2.45, 2.75) is 32.6 Å². The normalized spacial score (nSPS) is 11.1. The Bertz CT molecular complexity index is 1240. The number of aromatic nitrogens is 5. The van der Waals surface area contributed by atoms with Gasteiger partial charge in [0, 0.05) is 43.1 Å². The number of hydrogen-bond acceptors (Lipinski definition) is 8. The van der Waals surface area contributed by atoms with Gasteiger partial charge in [-0.3, -0.25) is 14.2 Å². The fourth-order valence-corrected chi connectivity index (χ4v) is 3.69. The molecule has 0 radical (unpaired) electrons. The minimum absolute atomic E-state index is 0.132. The fraction of sp³-hybridized carbons (Fsp3) is 0.348. The lowest BCUT2D eigenvalue weighted by Gasteiger charge is -2.13. The van der Waals surface area contributed by atoms with E-state index in [4.69, 9.17) is 14.5 Å². The number of carbonyl (C=O) groups is 1. The molecule has 1 N–H and O–H groups in total. The molecule has 0 saturated carbocycles. The summed E-state index contributed by atoms with van der Waals surface area (Å²) >= 11 is 0. The van der Waals surface area contributed by atoms with Gasteiger partial charge in [0.1, 0.15) is 5.82 Å². The smallest absolute Gasteiger partial charge is 0.204 e. The van der Waals surface area contributed by atoms with Crippen LogP contribution in [0.15, 0.2) is 36.7 Å². The van der Waals surface area contributed by atoms with E-state index in [1.54, 1.807) is 38.7 Å². The molecule has 3 aromatic heterocycles. The third-order valence-corrected chi connectivity index (χ3v) is 5.35. The lowest BCUT2D eigenvalue weighted by Crippen LogP contribution is -2.07. The second-order valence-corrected chi connectivity index (χ2v) is 7.46. The maximum Gasteiger partial charge on any atom is 0.204 e. The number of ketones is 1. The maximum atomic E-state index is 12.2. The average molecular weight is 435 g/mol. The number of Topliss-reactive ketones (excluding diaryl/α,β-unsaturated/α-hetero) is 1. The van der Waals surface area contributed by atoms with Crippen LogP contribution in [-0.2, 0) is 0 Å². The van der Waals surface area contributed by atoms with E-state index in [1.807, 2.05) is 23.5 Å². The molecule has 9 heteroatoms. The first-order chi connectivity index (χ1) is 15.6. The number of hydrogen-bond donors (Lipinski definition) is 1. The third kappa shape index (κ3) is 4.32. The summed E-state index contributed by atoms with van der Waals surface area (Å²) in [5.41, 5.74) is 2.93. The third-order valence-electron chi connectivity index (χ3n) is 5.35. The highest BCUT2D eigenvalue weighted by atomic mass is 16.5. The van der Waals surface area contributed by atoms with Gasteiger partial charge in [-0.1, -0.05) is 6.42 Å². The van der Waals surface area contributed by atoms with Crippen molar-refractivity contribution in [3.05, 3.63) is 48.0 Å². The number of aryl methyl sites for hydroxylation is 1. The van der Waals surface area contributed by atoms with Gasteiger partial charge >= 0.3 is 0 Å². The zero-order valence-electron chi connectivity index (χ0n) is 18.5. The van der Waals surface area contributed by atoms with Gasteiger partial charge in [0.25, 0.3) is 0 Å². The number of benzene rings is 1. The number of rotatable bonds is 10. The zero-order chi connectivity index (χ0) is 22.5. The summed E-state index contributed by atoms with van der Waals surface area (Å²) in [7, 11) is 3.21.